The minimum Gasteiger partial charge on any atom is -0.396 e. The van der Waals surface area contributed by atoms with Crippen LogP contribution in [0, 0.1) is 5.92 Å². The first-order valence-electron chi connectivity index (χ1n) is 5.75. The molecule has 2 rings (SSSR count). The summed E-state index contributed by atoms with van der Waals surface area (Å²) >= 11 is 0. The molecule has 1 aromatic carbocycles. The van der Waals surface area contributed by atoms with Gasteiger partial charge in [0.05, 0.1) is 0 Å². The summed E-state index contributed by atoms with van der Waals surface area (Å²) in [5.74, 6) is -0.185. The number of rotatable bonds is 3. The third kappa shape index (κ3) is 2.18. The Morgan fingerprint density at radius 3 is 2.59 bits per heavy atom. The van der Waals surface area contributed by atoms with Gasteiger partial charge in [-0.1, -0.05) is 30.3 Å². The van der Waals surface area contributed by atoms with Crippen molar-refractivity contribution in [2.24, 2.45) is 5.92 Å². The van der Waals surface area contributed by atoms with Crippen LogP contribution in [0.2, 0.25) is 0 Å². The Labute approximate surface area is 100 Å². The van der Waals surface area contributed by atoms with Crippen molar-refractivity contribution in [3.8, 4) is 0 Å². The van der Waals surface area contributed by atoms with Crippen molar-refractivity contribution in [1.82, 2.24) is 4.90 Å². The van der Waals surface area contributed by atoms with Crippen LogP contribution >= 0.6 is 0 Å². The largest absolute Gasteiger partial charge is 0.396 e. The molecule has 2 N–H and O–H groups in total. The van der Waals surface area contributed by atoms with Crippen molar-refractivity contribution in [2.45, 2.75) is 19.1 Å². The van der Waals surface area contributed by atoms with Crippen molar-refractivity contribution < 1.29 is 15.0 Å². The van der Waals surface area contributed by atoms with Crippen molar-refractivity contribution >= 4 is 5.91 Å². The number of likely N-dealkylation sites (tertiary alicyclic amines) is 1. The number of nitrogens with zero attached hydrogens (tertiary/aromatic N) is 1. The lowest BCUT2D eigenvalue weighted by atomic mass is 10.0. The molecule has 1 unspecified atom stereocenters. The number of hydrogen-bond donors (Lipinski definition) is 2. The molecular formula is C13H17NO3. The molecule has 0 spiro atoms. The summed E-state index contributed by atoms with van der Waals surface area (Å²) in [7, 11) is 0. The number of aliphatic hydroxyl groups is 2. The van der Waals surface area contributed by atoms with E-state index in [1.54, 1.807) is 19.1 Å². The Morgan fingerprint density at radius 2 is 2.06 bits per heavy atom. The normalized spacial score (nSPS) is 23.8. The zero-order valence-electron chi connectivity index (χ0n) is 9.84. The minimum absolute atomic E-state index is 0.0207. The number of carbonyl (C=O) groups is 1. The van der Waals surface area contributed by atoms with Crippen molar-refractivity contribution in [2.75, 3.05) is 13.2 Å². The van der Waals surface area contributed by atoms with Crippen LogP contribution in [0.1, 0.15) is 18.9 Å². The molecule has 2 atom stereocenters. The zero-order chi connectivity index (χ0) is 12.5. The van der Waals surface area contributed by atoms with Gasteiger partial charge in [-0.2, -0.15) is 0 Å². The summed E-state index contributed by atoms with van der Waals surface area (Å²) in [4.78, 5) is 13.3. The second-order valence-corrected chi connectivity index (χ2v) is 4.64. The van der Waals surface area contributed by atoms with Crippen LogP contribution < -0.4 is 0 Å². The molecule has 4 heteroatoms. The molecule has 1 aliphatic heterocycles. The summed E-state index contributed by atoms with van der Waals surface area (Å²) in [5.41, 5.74) is -0.616. The first-order valence-corrected chi connectivity index (χ1v) is 5.75. The standard InChI is InChI=1S/C13H17NO3/c1-13(17,11-5-3-2-4-6-11)14-8-10(9-15)7-12(14)16/h2-6,10,15,17H,7-9H2,1H3/t10?,13-/m1/s1. The number of benzene rings is 1. The lowest BCUT2D eigenvalue weighted by molar-refractivity contribution is -0.152. The Hall–Kier alpha value is -1.39. The zero-order valence-corrected chi connectivity index (χ0v) is 9.84. The van der Waals surface area contributed by atoms with Crippen LogP contribution in [-0.2, 0) is 10.5 Å². The lowest BCUT2D eigenvalue weighted by Crippen LogP contribution is -2.44. The van der Waals surface area contributed by atoms with Crippen LogP contribution in [0.3, 0.4) is 0 Å². The molecule has 92 valence electrons. The molecule has 0 saturated carbocycles. The maximum atomic E-state index is 11.8. The molecule has 1 saturated heterocycles. The molecule has 1 aromatic rings. The maximum absolute atomic E-state index is 11.8. The SMILES string of the molecule is C[C@@](O)(c1ccccc1)N1CC(CO)CC1=O. The van der Waals surface area contributed by atoms with Gasteiger partial charge in [0, 0.05) is 31.1 Å². The molecule has 17 heavy (non-hydrogen) atoms. The van der Waals surface area contributed by atoms with E-state index in [4.69, 9.17) is 5.11 Å². The van der Waals surface area contributed by atoms with Gasteiger partial charge >= 0.3 is 0 Å². The summed E-state index contributed by atoms with van der Waals surface area (Å²) in [5, 5.41) is 19.6. The molecule has 0 aliphatic carbocycles. The van der Waals surface area contributed by atoms with E-state index in [0.717, 1.165) is 0 Å². The monoisotopic (exact) mass is 235 g/mol. The summed E-state index contributed by atoms with van der Waals surface area (Å²) in [6, 6.07) is 9.10. The van der Waals surface area contributed by atoms with Crippen molar-refractivity contribution in [1.29, 1.82) is 0 Å². The number of carbonyl (C=O) groups excluding carboxylic acids is 1. The summed E-state index contributed by atoms with van der Waals surface area (Å²) in [6.07, 6.45) is 0.305. The van der Waals surface area contributed by atoms with Gasteiger partial charge in [-0.05, 0) is 6.92 Å². The van der Waals surface area contributed by atoms with Gasteiger partial charge in [0.25, 0.3) is 0 Å². The van der Waals surface area contributed by atoms with E-state index in [0.29, 0.717) is 18.5 Å². The fourth-order valence-corrected chi connectivity index (χ4v) is 2.23. The first kappa shape index (κ1) is 12.1. The van der Waals surface area contributed by atoms with Gasteiger partial charge in [-0.15, -0.1) is 0 Å². The average molecular weight is 235 g/mol. The maximum Gasteiger partial charge on any atom is 0.225 e. The van der Waals surface area contributed by atoms with E-state index in [2.05, 4.69) is 0 Å². The van der Waals surface area contributed by atoms with Gasteiger partial charge in [0.15, 0.2) is 5.72 Å². The summed E-state index contributed by atoms with van der Waals surface area (Å²) < 4.78 is 0. The third-order valence-corrected chi connectivity index (χ3v) is 3.31. The lowest BCUT2D eigenvalue weighted by Gasteiger charge is -2.34. The van der Waals surface area contributed by atoms with Crippen LogP contribution in [-0.4, -0.2) is 34.2 Å². The summed E-state index contributed by atoms with van der Waals surface area (Å²) in [6.45, 7) is 1.99. The minimum atomic E-state index is -1.30. The van der Waals surface area contributed by atoms with E-state index in [1.165, 1.54) is 4.90 Å². The van der Waals surface area contributed by atoms with Crippen molar-refractivity contribution in [3.63, 3.8) is 0 Å². The van der Waals surface area contributed by atoms with E-state index in [-0.39, 0.29) is 18.4 Å². The van der Waals surface area contributed by atoms with Crippen LogP contribution in [0.25, 0.3) is 0 Å². The quantitative estimate of drug-likeness (QED) is 0.810. The molecular weight excluding hydrogens is 218 g/mol. The predicted molar refractivity (Wildman–Crippen MR) is 62.9 cm³/mol. The van der Waals surface area contributed by atoms with Crippen molar-refractivity contribution in [3.05, 3.63) is 35.9 Å². The second kappa shape index (κ2) is 4.47. The Balaban J connectivity index is 2.24. The fourth-order valence-electron chi connectivity index (χ4n) is 2.23. The second-order valence-electron chi connectivity index (χ2n) is 4.64. The van der Waals surface area contributed by atoms with E-state index in [9.17, 15) is 9.90 Å². The fraction of sp³-hybridized carbons (Fsp3) is 0.462. The molecule has 1 fully saturated rings. The third-order valence-electron chi connectivity index (χ3n) is 3.31. The molecule has 0 bridgehead atoms. The number of aliphatic hydroxyl groups excluding tert-OH is 1. The van der Waals surface area contributed by atoms with Crippen LogP contribution in [0.4, 0.5) is 0 Å². The van der Waals surface area contributed by atoms with Gasteiger partial charge in [0.1, 0.15) is 0 Å². The van der Waals surface area contributed by atoms with Gasteiger partial charge in [-0.25, -0.2) is 0 Å². The number of hydrogen-bond acceptors (Lipinski definition) is 3. The molecule has 1 amide bonds. The molecule has 1 heterocycles. The Kier molecular flexibility index (Phi) is 3.17. The highest BCUT2D eigenvalue weighted by Crippen LogP contribution is 2.31. The van der Waals surface area contributed by atoms with E-state index in [1.807, 2.05) is 18.2 Å². The highest BCUT2D eigenvalue weighted by atomic mass is 16.3. The smallest absolute Gasteiger partial charge is 0.225 e. The van der Waals surface area contributed by atoms with E-state index < -0.39 is 5.72 Å². The first-order chi connectivity index (χ1) is 8.05. The molecule has 0 radical (unpaired) electrons. The number of amides is 1. The predicted octanol–water partition coefficient (Wildman–Crippen LogP) is 0.692. The molecule has 0 aromatic heterocycles. The molecule has 4 nitrogen and oxygen atoms in total. The van der Waals surface area contributed by atoms with Gasteiger partial charge in [-0.3, -0.25) is 4.79 Å². The van der Waals surface area contributed by atoms with Gasteiger partial charge in [0.2, 0.25) is 5.91 Å². The highest BCUT2D eigenvalue weighted by Gasteiger charge is 2.41. The van der Waals surface area contributed by atoms with Crippen LogP contribution in [0.15, 0.2) is 30.3 Å². The van der Waals surface area contributed by atoms with Crippen LogP contribution in [0.5, 0.6) is 0 Å². The Bertz CT molecular complexity index is 402. The topological polar surface area (TPSA) is 60.8 Å². The Morgan fingerprint density at radius 1 is 1.41 bits per heavy atom. The van der Waals surface area contributed by atoms with E-state index >= 15 is 0 Å². The van der Waals surface area contributed by atoms with Gasteiger partial charge < -0.3 is 15.1 Å². The molecule has 1 aliphatic rings. The highest BCUT2D eigenvalue weighted by molar-refractivity contribution is 5.79. The average Bonchev–Trinajstić information content (AvgIpc) is 2.72.